The van der Waals surface area contributed by atoms with Crippen LogP contribution in [-0.4, -0.2) is 4.98 Å². The van der Waals surface area contributed by atoms with Crippen molar-refractivity contribution in [3.8, 4) is 11.1 Å². The predicted octanol–water partition coefficient (Wildman–Crippen LogP) is 4.76. The number of fused-ring (bicyclic) bond motifs is 1. The van der Waals surface area contributed by atoms with E-state index in [0.29, 0.717) is 0 Å². The molecule has 1 heteroatoms. The van der Waals surface area contributed by atoms with Gasteiger partial charge in [0.15, 0.2) is 0 Å². The van der Waals surface area contributed by atoms with Gasteiger partial charge in [-0.1, -0.05) is 29.8 Å². The molecule has 0 unspecified atom stereocenters. The fourth-order valence-electron chi connectivity index (χ4n) is 2.84. The third-order valence-electron chi connectivity index (χ3n) is 3.52. The molecule has 0 aliphatic rings. The minimum atomic E-state index is 1.20. The first-order valence-corrected chi connectivity index (χ1v) is 6.30. The van der Waals surface area contributed by atoms with E-state index >= 15 is 0 Å². The minimum absolute atomic E-state index is 1.20. The van der Waals surface area contributed by atoms with Gasteiger partial charge in [-0.2, -0.15) is 0 Å². The molecule has 1 heterocycles. The lowest BCUT2D eigenvalue weighted by atomic mass is 9.93. The fraction of sp³-hybridized carbons (Fsp3) is 0.176. The highest BCUT2D eigenvalue weighted by Crippen LogP contribution is 2.30. The minimum Gasteiger partial charge on any atom is -0.361 e. The van der Waals surface area contributed by atoms with Crippen LogP contribution in [0.1, 0.15) is 16.7 Å². The van der Waals surface area contributed by atoms with Gasteiger partial charge in [0.05, 0.1) is 0 Å². The zero-order valence-electron chi connectivity index (χ0n) is 11.0. The van der Waals surface area contributed by atoms with Gasteiger partial charge < -0.3 is 4.98 Å². The largest absolute Gasteiger partial charge is 0.361 e. The third-order valence-corrected chi connectivity index (χ3v) is 3.52. The highest BCUT2D eigenvalue weighted by molar-refractivity contribution is 5.86. The lowest BCUT2D eigenvalue weighted by Crippen LogP contribution is -1.90. The molecule has 3 aromatic rings. The van der Waals surface area contributed by atoms with E-state index in [0.717, 1.165) is 0 Å². The highest BCUT2D eigenvalue weighted by Gasteiger charge is 2.07. The van der Waals surface area contributed by atoms with Gasteiger partial charge in [-0.3, -0.25) is 0 Å². The maximum Gasteiger partial charge on any atom is 0.0460 e. The SMILES string of the molecule is Cc1cc(C)c(-c2ccc3cc[nH]c3c2)c(C)c1. The lowest BCUT2D eigenvalue weighted by Gasteiger charge is -2.11. The van der Waals surface area contributed by atoms with Crippen molar-refractivity contribution in [2.45, 2.75) is 20.8 Å². The molecule has 0 saturated carbocycles. The second-order valence-corrected chi connectivity index (χ2v) is 5.05. The Morgan fingerprint density at radius 1 is 0.833 bits per heavy atom. The topological polar surface area (TPSA) is 15.8 Å². The molecule has 0 spiro atoms. The lowest BCUT2D eigenvalue weighted by molar-refractivity contribution is 1.32. The molecule has 0 aliphatic carbocycles. The van der Waals surface area contributed by atoms with Gasteiger partial charge in [0, 0.05) is 11.7 Å². The van der Waals surface area contributed by atoms with Crippen molar-refractivity contribution in [1.82, 2.24) is 4.98 Å². The van der Waals surface area contributed by atoms with Crippen molar-refractivity contribution in [2.24, 2.45) is 0 Å². The quantitative estimate of drug-likeness (QED) is 0.626. The summed E-state index contributed by atoms with van der Waals surface area (Å²) in [5.74, 6) is 0. The Labute approximate surface area is 107 Å². The van der Waals surface area contributed by atoms with Gasteiger partial charge in [-0.15, -0.1) is 0 Å². The Bertz CT molecular complexity index is 696. The summed E-state index contributed by atoms with van der Waals surface area (Å²) >= 11 is 0. The van der Waals surface area contributed by atoms with Gasteiger partial charge in [-0.25, -0.2) is 0 Å². The van der Waals surface area contributed by atoms with E-state index in [-0.39, 0.29) is 0 Å². The molecule has 0 saturated heterocycles. The second kappa shape index (κ2) is 4.02. The van der Waals surface area contributed by atoms with Gasteiger partial charge in [-0.05, 0) is 60.5 Å². The number of H-pyrrole nitrogens is 1. The fourth-order valence-corrected chi connectivity index (χ4v) is 2.84. The average molecular weight is 235 g/mol. The first kappa shape index (κ1) is 11.1. The molecule has 0 bridgehead atoms. The van der Waals surface area contributed by atoms with Gasteiger partial charge in [0.1, 0.15) is 0 Å². The molecular weight excluding hydrogens is 218 g/mol. The monoisotopic (exact) mass is 235 g/mol. The summed E-state index contributed by atoms with van der Waals surface area (Å²) in [5, 5.41) is 1.26. The van der Waals surface area contributed by atoms with E-state index in [9.17, 15) is 0 Å². The normalized spacial score (nSPS) is 11.1. The number of rotatable bonds is 1. The van der Waals surface area contributed by atoms with Crippen molar-refractivity contribution in [2.75, 3.05) is 0 Å². The summed E-state index contributed by atoms with van der Waals surface area (Å²) < 4.78 is 0. The van der Waals surface area contributed by atoms with Crippen LogP contribution in [-0.2, 0) is 0 Å². The summed E-state index contributed by atoms with van der Waals surface area (Å²) in [6.07, 6.45) is 1.99. The molecule has 2 aromatic carbocycles. The molecular formula is C17H17N. The van der Waals surface area contributed by atoms with Crippen LogP contribution in [0.3, 0.4) is 0 Å². The summed E-state index contributed by atoms with van der Waals surface area (Å²) in [7, 11) is 0. The zero-order chi connectivity index (χ0) is 12.7. The Kier molecular flexibility index (Phi) is 2.48. The Morgan fingerprint density at radius 2 is 1.56 bits per heavy atom. The van der Waals surface area contributed by atoms with Crippen LogP contribution in [0, 0.1) is 20.8 Å². The van der Waals surface area contributed by atoms with Crippen LogP contribution < -0.4 is 0 Å². The molecule has 1 N–H and O–H groups in total. The molecule has 1 nitrogen and oxygen atoms in total. The molecule has 3 rings (SSSR count). The summed E-state index contributed by atoms with van der Waals surface area (Å²) in [6, 6.07) is 13.2. The van der Waals surface area contributed by atoms with Crippen molar-refractivity contribution < 1.29 is 0 Å². The molecule has 0 aliphatic heterocycles. The Morgan fingerprint density at radius 3 is 2.28 bits per heavy atom. The van der Waals surface area contributed by atoms with E-state index in [4.69, 9.17) is 0 Å². The summed E-state index contributed by atoms with van der Waals surface area (Å²) in [6.45, 7) is 6.53. The smallest absolute Gasteiger partial charge is 0.0460 e. The number of aromatic nitrogens is 1. The number of aryl methyl sites for hydroxylation is 3. The van der Waals surface area contributed by atoms with Crippen LogP contribution in [0.15, 0.2) is 42.6 Å². The van der Waals surface area contributed by atoms with E-state index in [1.807, 2.05) is 6.20 Å². The van der Waals surface area contributed by atoms with Crippen molar-refractivity contribution in [1.29, 1.82) is 0 Å². The molecule has 0 radical (unpaired) electrons. The maximum absolute atomic E-state index is 3.28. The Hall–Kier alpha value is -2.02. The molecule has 1 aromatic heterocycles. The van der Waals surface area contributed by atoms with Gasteiger partial charge >= 0.3 is 0 Å². The molecule has 18 heavy (non-hydrogen) atoms. The summed E-state index contributed by atoms with van der Waals surface area (Å²) in [4.78, 5) is 3.28. The highest BCUT2D eigenvalue weighted by atomic mass is 14.7. The van der Waals surface area contributed by atoms with E-state index in [2.05, 4.69) is 62.2 Å². The molecule has 0 amide bonds. The first-order valence-electron chi connectivity index (χ1n) is 6.30. The standard InChI is InChI=1S/C17H17N/c1-11-8-12(2)17(13(3)9-11)15-5-4-14-6-7-18-16(14)10-15/h4-10,18H,1-3H3. The number of aromatic amines is 1. The van der Waals surface area contributed by atoms with Crippen LogP contribution in [0.4, 0.5) is 0 Å². The molecule has 0 fully saturated rings. The van der Waals surface area contributed by atoms with Crippen molar-refractivity contribution in [3.63, 3.8) is 0 Å². The number of nitrogens with one attached hydrogen (secondary N) is 1. The molecule has 90 valence electrons. The van der Waals surface area contributed by atoms with Gasteiger partial charge in [0.2, 0.25) is 0 Å². The number of hydrogen-bond donors (Lipinski definition) is 1. The summed E-state index contributed by atoms with van der Waals surface area (Å²) in [5.41, 5.74) is 7.87. The van der Waals surface area contributed by atoms with Gasteiger partial charge in [0.25, 0.3) is 0 Å². The van der Waals surface area contributed by atoms with Crippen LogP contribution in [0.5, 0.6) is 0 Å². The van der Waals surface area contributed by atoms with Crippen LogP contribution in [0.2, 0.25) is 0 Å². The predicted molar refractivity (Wildman–Crippen MR) is 77.9 cm³/mol. The van der Waals surface area contributed by atoms with E-state index < -0.39 is 0 Å². The van der Waals surface area contributed by atoms with Crippen molar-refractivity contribution >= 4 is 10.9 Å². The van der Waals surface area contributed by atoms with Crippen LogP contribution >= 0.6 is 0 Å². The van der Waals surface area contributed by atoms with E-state index in [1.54, 1.807) is 0 Å². The van der Waals surface area contributed by atoms with E-state index in [1.165, 1.54) is 38.7 Å². The Balaban J connectivity index is 2.25. The third kappa shape index (κ3) is 1.72. The average Bonchev–Trinajstić information content (AvgIpc) is 2.74. The number of hydrogen-bond acceptors (Lipinski definition) is 0. The zero-order valence-corrected chi connectivity index (χ0v) is 11.0. The second-order valence-electron chi connectivity index (χ2n) is 5.05. The maximum atomic E-state index is 3.28. The number of benzene rings is 2. The van der Waals surface area contributed by atoms with Crippen molar-refractivity contribution in [3.05, 3.63) is 59.3 Å². The first-order chi connectivity index (χ1) is 8.65. The van der Waals surface area contributed by atoms with Crippen LogP contribution in [0.25, 0.3) is 22.0 Å². The molecule has 0 atom stereocenters.